The van der Waals surface area contributed by atoms with Crippen LogP contribution in [0.15, 0.2) is 30.6 Å². The van der Waals surface area contributed by atoms with Crippen molar-refractivity contribution < 1.29 is 14.5 Å². The standard InChI is InChI=1S/C18H21N5O4/c1-27-18(24)13-9-5-6-10-14(13)22-17-15(23(25)26)16(19-11-20-17)21-12-7-3-2-4-8-12/h5-6,9-12H,2-4,7-8H2,1H3,(H2,19,20,21,22). The number of nitro groups is 1. The fourth-order valence-electron chi connectivity index (χ4n) is 3.20. The molecule has 1 aromatic carbocycles. The van der Waals surface area contributed by atoms with Crippen molar-refractivity contribution in [2.45, 2.75) is 38.1 Å². The molecule has 0 saturated heterocycles. The first-order valence-corrected chi connectivity index (χ1v) is 8.80. The summed E-state index contributed by atoms with van der Waals surface area (Å²) in [7, 11) is 1.28. The van der Waals surface area contributed by atoms with Crippen molar-refractivity contribution in [2.24, 2.45) is 0 Å². The van der Waals surface area contributed by atoms with Gasteiger partial charge in [0.15, 0.2) is 0 Å². The lowest BCUT2D eigenvalue weighted by molar-refractivity contribution is -0.383. The number of nitrogens with zero attached hydrogens (tertiary/aromatic N) is 3. The highest BCUT2D eigenvalue weighted by Gasteiger charge is 2.26. The molecule has 0 spiro atoms. The van der Waals surface area contributed by atoms with Gasteiger partial charge >= 0.3 is 11.7 Å². The molecule has 27 heavy (non-hydrogen) atoms. The molecular weight excluding hydrogens is 350 g/mol. The molecule has 3 rings (SSSR count). The number of carbonyl (C=O) groups excluding carboxylic acids is 1. The van der Waals surface area contributed by atoms with Crippen molar-refractivity contribution in [3.8, 4) is 0 Å². The quantitative estimate of drug-likeness (QED) is 0.448. The van der Waals surface area contributed by atoms with E-state index in [0.717, 1.165) is 25.7 Å². The predicted molar refractivity (Wildman–Crippen MR) is 100 cm³/mol. The highest BCUT2D eigenvalue weighted by atomic mass is 16.6. The van der Waals surface area contributed by atoms with Gasteiger partial charge in [0, 0.05) is 6.04 Å². The van der Waals surface area contributed by atoms with Crippen molar-refractivity contribution >= 4 is 29.0 Å². The van der Waals surface area contributed by atoms with Gasteiger partial charge in [0.1, 0.15) is 6.33 Å². The second-order valence-corrected chi connectivity index (χ2v) is 6.32. The third-order valence-electron chi connectivity index (χ3n) is 4.54. The Morgan fingerprint density at radius 3 is 2.59 bits per heavy atom. The van der Waals surface area contributed by atoms with Crippen molar-refractivity contribution in [3.63, 3.8) is 0 Å². The van der Waals surface area contributed by atoms with Crippen LogP contribution >= 0.6 is 0 Å². The number of ether oxygens (including phenoxy) is 1. The van der Waals surface area contributed by atoms with Gasteiger partial charge in [0.25, 0.3) is 0 Å². The zero-order valence-electron chi connectivity index (χ0n) is 15.0. The maximum absolute atomic E-state index is 11.9. The summed E-state index contributed by atoms with van der Waals surface area (Å²) < 4.78 is 4.76. The SMILES string of the molecule is COC(=O)c1ccccc1Nc1ncnc(NC2CCCCC2)c1[N+](=O)[O-]. The molecule has 0 bridgehead atoms. The molecule has 1 saturated carbocycles. The van der Waals surface area contributed by atoms with E-state index in [2.05, 4.69) is 20.6 Å². The van der Waals surface area contributed by atoms with Gasteiger partial charge < -0.3 is 15.4 Å². The number of rotatable bonds is 6. The summed E-state index contributed by atoms with van der Waals surface area (Å²) in [6, 6.07) is 6.75. The van der Waals surface area contributed by atoms with E-state index < -0.39 is 10.9 Å². The lowest BCUT2D eigenvalue weighted by atomic mass is 9.95. The van der Waals surface area contributed by atoms with E-state index in [1.54, 1.807) is 24.3 Å². The highest BCUT2D eigenvalue weighted by molar-refractivity contribution is 5.96. The van der Waals surface area contributed by atoms with E-state index in [1.165, 1.54) is 19.9 Å². The Kier molecular flexibility index (Phi) is 5.80. The van der Waals surface area contributed by atoms with Crippen LogP contribution in [0.2, 0.25) is 0 Å². The molecule has 2 aromatic rings. The van der Waals surface area contributed by atoms with Gasteiger partial charge in [-0.2, -0.15) is 0 Å². The number of anilines is 3. The normalized spacial score (nSPS) is 14.4. The van der Waals surface area contributed by atoms with E-state index in [0.29, 0.717) is 5.69 Å². The molecule has 2 N–H and O–H groups in total. The number of carbonyl (C=O) groups is 1. The maximum Gasteiger partial charge on any atom is 0.353 e. The molecule has 1 aliphatic rings. The van der Waals surface area contributed by atoms with Crippen LogP contribution in [0.1, 0.15) is 42.5 Å². The fourth-order valence-corrected chi connectivity index (χ4v) is 3.20. The molecule has 0 unspecified atom stereocenters. The van der Waals surface area contributed by atoms with Gasteiger partial charge in [-0.25, -0.2) is 14.8 Å². The summed E-state index contributed by atoms with van der Waals surface area (Å²) in [6.45, 7) is 0. The predicted octanol–water partition coefficient (Wildman–Crippen LogP) is 3.66. The second kappa shape index (κ2) is 8.43. The lowest BCUT2D eigenvalue weighted by Crippen LogP contribution is -2.23. The summed E-state index contributed by atoms with van der Waals surface area (Å²) in [5.74, 6) is -0.347. The van der Waals surface area contributed by atoms with Crippen molar-refractivity contribution in [1.29, 1.82) is 0 Å². The lowest BCUT2D eigenvalue weighted by Gasteiger charge is -2.23. The first-order valence-electron chi connectivity index (χ1n) is 8.80. The van der Waals surface area contributed by atoms with Gasteiger partial charge in [0.05, 0.1) is 23.3 Å². The van der Waals surface area contributed by atoms with Crippen molar-refractivity contribution in [2.75, 3.05) is 17.7 Å². The minimum atomic E-state index is -0.546. The van der Waals surface area contributed by atoms with Gasteiger partial charge in [-0.05, 0) is 25.0 Å². The molecule has 0 amide bonds. The van der Waals surface area contributed by atoms with E-state index in [1.807, 2.05) is 0 Å². The van der Waals surface area contributed by atoms with E-state index >= 15 is 0 Å². The van der Waals surface area contributed by atoms with E-state index in [9.17, 15) is 14.9 Å². The average molecular weight is 371 g/mol. The Balaban J connectivity index is 1.93. The van der Waals surface area contributed by atoms with Crippen LogP contribution in [0, 0.1) is 10.1 Å². The number of esters is 1. The number of aromatic nitrogens is 2. The van der Waals surface area contributed by atoms with Crippen LogP contribution in [0.25, 0.3) is 0 Å². The van der Waals surface area contributed by atoms with Crippen molar-refractivity contribution in [1.82, 2.24) is 9.97 Å². The molecule has 0 aliphatic heterocycles. The van der Waals surface area contributed by atoms with Gasteiger partial charge in [-0.1, -0.05) is 31.4 Å². The molecule has 9 heteroatoms. The monoisotopic (exact) mass is 371 g/mol. The molecule has 1 aromatic heterocycles. The van der Waals surface area contributed by atoms with Crippen LogP contribution in [-0.2, 0) is 4.74 Å². The number of hydrogen-bond donors (Lipinski definition) is 2. The molecule has 142 valence electrons. The van der Waals surface area contributed by atoms with Crippen molar-refractivity contribution in [3.05, 3.63) is 46.3 Å². The minimum Gasteiger partial charge on any atom is -0.465 e. The highest BCUT2D eigenvalue weighted by Crippen LogP contribution is 2.33. The molecule has 9 nitrogen and oxygen atoms in total. The maximum atomic E-state index is 11.9. The molecule has 1 fully saturated rings. The topological polar surface area (TPSA) is 119 Å². The molecule has 0 radical (unpaired) electrons. The Bertz CT molecular complexity index is 836. The van der Waals surface area contributed by atoms with Crippen LogP contribution in [-0.4, -0.2) is 34.0 Å². The zero-order valence-corrected chi connectivity index (χ0v) is 15.0. The minimum absolute atomic E-state index is 0.0182. The zero-order chi connectivity index (χ0) is 19.2. The summed E-state index contributed by atoms with van der Waals surface area (Å²) in [4.78, 5) is 31.2. The van der Waals surface area contributed by atoms with Crippen LogP contribution in [0.4, 0.5) is 23.0 Å². The average Bonchev–Trinajstić information content (AvgIpc) is 2.68. The fraction of sp³-hybridized carbons (Fsp3) is 0.389. The molecule has 0 atom stereocenters. The van der Waals surface area contributed by atoms with Gasteiger partial charge in [0.2, 0.25) is 11.6 Å². The Morgan fingerprint density at radius 1 is 1.19 bits per heavy atom. The summed E-state index contributed by atoms with van der Waals surface area (Å²) in [5.41, 5.74) is 0.382. The van der Waals surface area contributed by atoms with E-state index in [-0.39, 0.29) is 28.9 Å². The molecule has 1 aliphatic carbocycles. The first kappa shape index (κ1) is 18.6. The smallest absolute Gasteiger partial charge is 0.353 e. The molecule has 1 heterocycles. The number of hydrogen-bond acceptors (Lipinski definition) is 8. The van der Waals surface area contributed by atoms with E-state index in [4.69, 9.17) is 4.74 Å². The summed E-state index contributed by atoms with van der Waals surface area (Å²) >= 11 is 0. The third kappa shape index (κ3) is 4.30. The first-order chi connectivity index (χ1) is 13.1. The van der Waals surface area contributed by atoms with Crippen LogP contribution < -0.4 is 10.6 Å². The number of benzene rings is 1. The van der Waals surface area contributed by atoms with Gasteiger partial charge in [-0.3, -0.25) is 10.1 Å². The second-order valence-electron chi connectivity index (χ2n) is 6.32. The Hall–Kier alpha value is -3.23. The molecular formula is C18H21N5O4. The summed E-state index contributed by atoms with van der Waals surface area (Å²) in [5, 5.41) is 17.8. The third-order valence-corrected chi connectivity index (χ3v) is 4.54. The Morgan fingerprint density at radius 2 is 1.89 bits per heavy atom. The number of methoxy groups -OCH3 is 1. The van der Waals surface area contributed by atoms with Crippen LogP contribution in [0.3, 0.4) is 0 Å². The number of nitrogens with one attached hydrogen (secondary N) is 2. The number of para-hydroxylation sites is 1. The Labute approximate surface area is 156 Å². The van der Waals surface area contributed by atoms with Gasteiger partial charge in [-0.15, -0.1) is 0 Å². The summed E-state index contributed by atoms with van der Waals surface area (Å²) in [6.07, 6.45) is 6.54. The largest absolute Gasteiger partial charge is 0.465 e. The van der Waals surface area contributed by atoms with Crippen LogP contribution in [0.5, 0.6) is 0 Å².